The summed E-state index contributed by atoms with van der Waals surface area (Å²) in [5, 5.41) is 12.5. The Bertz CT molecular complexity index is 459. The van der Waals surface area contributed by atoms with Gasteiger partial charge in [0.25, 0.3) is 0 Å². The van der Waals surface area contributed by atoms with Crippen molar-refractivity contribution in [1.29, 1.82) is 0 Å². The molecule has 2 aromatic rings. The van der Waals surface area contributed by atoms with Crippen molar-refractivity contribution >= 4 is 6.09 Å². The summed E-state index contributed by atoms with van der Waals surface area (Å²) >= 11 is 0. The molecule has 1 aromatic carbocycles. The number of aromatic nitrogens is 2. The van der Waals surface area contributed by atoms with Gasteiger partial charge < -0.3 is 6.53 Å². The zero-order chi connectivity index (χ0) is 9.97. The van der Waals surface area contributed by atoms with Crippen molar-refractivity contribution in [3.05, 3.63) is 42.6 Å². The molecule has 2 rings (SSSR count). The molecule has 4 nitrogen and oxygen atoms in total. The third-order valence-electron chi connectivity index (χ3n) is 1.89. The second-order valence-corrected chi connectivity index (χ2v) is 2.78. The Morgan fingerprint density at radius 1 is 1.27 bits per heavy atom. The first-order valence-corrected chi connectivity index (χ1v) is 4.12. The molecule has 1 aromatic heterocycles. The standard InChI is InChI=1S/C10H8N2O2.Na.H/c13-10(14)12-9(6-7-11-12)8-4-2-1-3-5-8;;/h1-7H,(H,13,14);;/q;+1;-1. The van der Waals surface area contributed by atoms with Crippen LogP contribution in [0.4, 0.5) is 4.79 Å². The van der Waals surface area contributed by atoms with Gasteiger partial charge in [-0.2, -0.15) is 9.78 Å². The van der Waals surface area contributed by atoms with Gasteiger partial charge in [0.2, 0.25) is 0 Å². The Hall–Kier alpha value is -1.10. The Kier molecular flexibility index (Phi) is 4.08. The molecule has 0 radical (unpaired) electrons. The van der Waals surface area contributed by atoms with Crippen LogP contribution in [-0.2, 0) is 0 Å². The van der Waals surface area contributed by atoms with E-state index < -0.39 is 6.09 Å². The van der Waals surface area contributed by atoms with E-state index in [1.54, 1.807) is 6.07 Å². The van der Waals surface area contributed by atoms with Crippen LogP contribution in [-0.4, -0.2) is 21.0 Å². The smallest absolute Gasteiger partial charge is 1.00 e. The number of hydrogen-bond acceptors (Lipinski definition) is 2. The molecule has 0 saturated carbocycles. The van der Waals surface area contributed by atoms with E-state index in [4.69, 9.17) is 5.11 Å². The fraction of sp³-hybridized carbons (Fsp3) is 0. The molecule has 0 fully saturated rings. The van der Waals surface area contributed by atoms with Gasteiger partial charge in [0.05, 0.1) is 11.9 Å². The molecular weight excluding hydrogens is 203 g/mol. The van der Waals surface area contributed by atoms with Gasteiger partial charge in [-0.05, 0) is 6.07 Å². The Balaban J connectivity index is 0.00000112. The summed E-state index contributed by atoms with van der Waals surface area (Å²) < 4.78 is 0.954. The van der Waals surface area contributed by atoms with Crippen molar-refractivity contribution in [2.75, 3.05) is 0 Å². The zero-order valence-electron chi connectivity index (χ0n) is 9.29. The topological polar surface area (TPSA) is 55.1 Å². The van der Waals surface area contributed by atoms with Crippen molar-refractivity contribution in [3.8, 4) is 11.3 Å². The van der Waals surface area contributed by atoms with Crippen LogP contribution in [0.2, 0.25) is 0 Å². The van der Waals surface area contributed by atoms with E-state index in [1.807, 2.05) is 30.3 Å². The third-order valence-corrected chi connectivity index (χ3v) is 1.89. The SMILES string of the molecule is O=C(O)n1nccc1-c1ccccc1.[H-].[Na+]. The molecular formula is C10H9N2NaO2. The van der Waals surface area contributed by atoms with Gasteiger partial charge in [-0.25, -0.2) is 4.79 Å². The van der Waals surface area contributed by atoms with Crippen LogP contribution in [0.25, 0.3) is 11.3 Å². The number of hydrogen-bond donors (Lipinski definition) is 1. The van der Waals surface area contributed by atoms with Crippen LogP contribution in [0.5, 0.6) is 0 Å². The third kappa shape index (κ3) is 2.47. The van der Waals surface area contributed by atoms with Crippen LogP contribution >= 0.6 is 0 Å². The average Bonchev–Trinajstić information content (AvgIpc) is 2.67. The molecule has 0 aliphatic rings. The number of benzene rings is 1. The van der Waals surface area contributed by atoms with Crippen LogP contribution in [0.15, 0.2) is 42.6 Å². The number of nitrogens with zero attached hydrogens (tertiary/aromatic N) is 2. The van der Waals surface area contributed by atoms with Gasteiger partial charge in [-0.15, -0.1) is 0 Å². The zero-order valence-corrected chi connectivity index (χ0v) is 10.3. The molecule has 0 saturated heterocycles. The molecule has 5 heteroatoms. The molecule has 1 N–H and O–H groups in total. The van der Waals surface area contributed by atoms with Crippen molar-refractivity contribution in [2.24, 2.45) is 0 Å². The predicted molar refractivity (Wildman–Crippen MR) is 52.2 cm³/mol. The monoisotopic (exact) mass is 212 g/mol. The van der Waals surface area contributed by atoms with E-state index in [0.29, 0.717) is 5.69 Å². The number of carbonyl (C=O) groups is 1. The van der Waals surface area contributed by atoms with E-state index in [9.17, 15) is 4.79 Å². The van der Waals surface area contributed by atoms with E-state index in [2.05, 4.69) is 5.10 Å². The summed E-state index contributed by atoms with van der Waals surface area (Å²) in [5.41, 5.74) is 1.42. The van der Waals surface area contributed by atoms with Crippen molar-refractivity contribution in [2.45, 2.75) is 0 Å². The number of carboxylic acid groups (broad SMARTS) is 1. The van der Waals surface area contributed by atoms with Gasteiger partial charge in [-0.1, -0.05) is 30.3 Å². The fourth-order valence-electron chi connectivity index (χ4n) is 1.28. The minimum Gasteiger partial charge on any atom is -1.00 e. The van der Waals surface area contributed by atoms with Crippen molar-refractivity contribution in [1.82, 2.24) is 9.78 Å². The quantitative estimate of drug-likeness (QED) is 0.629. The molecule has 0 aliphatic carbocycles. The molecule has 0 unspecified atom stereocenters. The maximum atomic E-state index is 10.8. The van der Waals surface area contributed by atoms with Crippen LogP contribution in [0.3, 0.4) is 0 Å². The predicted octanol–water partition coefficient (Wildman–Crippen LogP) is -0.807. The second kappa shape index (κ2) is 5.11. The summed E-state index contributed by atoms with van der Waals surface area (Å²) in [4.78, 5) is 10.8. The van der Waals surface area contributed by atoms with Crippen LogP contribution < -0.4 is 29.6 Å². The molecule has 1 heterocycles. The van der Waals surface area contributed by atoms with Crippen LogP contribution in [0, 0.1) is 0 Å². The first-order chi connectivity index (χ1) is 6.79. The van der Waals surface area contributed by atoms with Crippen molar-refractivity contribution in [3.63, 3.8) is 0 Å². The van der Waals surface area contributed by atoms with Gasteiger partial charge >= 0.3 is 35.7 Å². The summed E-state index contributed by atoms with van der Waals surface area (Å²) in [6.07, 6.45) is 0.394. The molecule has 72 valence electrons. The maximum Gasteiger partial charge on any atom is 1.00 e. The molecule has 0 aliphatic heterocycles. The molecule has 0 amide bonds. The number of rotatable bonds is 1. The Labute approximate surface area is 110 Å². The van der Waals surface area contributed by atoms with E-state index in [0.717, 1.165) is 10.2 Å². The minimum atomic E-state index is -1.08. The van der Waals surface area contributed by atoms with E-state index in [-0.39, 0.29) is 31.0 Å². The molecule has 0 spiro atoms. The molecule has 0 bridgehead atoms. The summed E-state index contributed by atoms with van der Waals surface area (Å²) in [6.45, 7) is 0. The maximum absolute atomic E-state index is 10.8. The average molecular weight is 212 g/mol. The summed E-state index contributed by atoms with van der Waals surface area (Å²) in [5.74, 6) is 0. The fourth-order valence-corrected chi connectivity index (χ4v) is 1.28. The molecule has 15 heavy (non-hydrogen) atoms. The minimum absolute atomic E-state index is 0. The second-order valence-electron chi connectivity index (χ2n) is 2.78. The van der Waals surface area contributed by atoms with Gasteiger partial charge in [0.1, 0.15) is 0 Å². The Morgan fingerprint density at radius 2 is 1.93 bits per heavy atom. The Morgan fingerprint density at radius 3 is 2.53 bits per heavy atom. The normalized spacial score (nSPS) is 9.33. The summed E-state index contributed by atoms with van der Waals surface area (Å²) in [6, 6.07) is 10.9. The largest absolute Gasteiger partial charge is 1.00 e. The van der Waals surface area contributed by atoms with Gasteiger partial charge in [0.15, 0.2) is 0 Å². The van der Waals surface area contributed by atoms with E-state index in [1.165, 1.54) is 6.20 Å². The van der Waals surface area contributed by atoms with Crippen molar-refractivity contribution < 1.29 is 40.9 Å². The first-order valence-electron chi connectivity index (χ1n) is 4.12. The van der Waals surface area contributed by atoms with E-state index >= 15 is 0 Å². The molecule has 0 atom stereocenters. The summed E-state index contributed by atoms with van der Waals surface area (Å²) in [7, 11) is 0. The van der Waals surface area contributed by atoms with Gasteiger partial charge in [-0.3, -0.25) is 0 Å². The first kappa shape index (κ1) is 12.0. The van der Waals surface area contributed by atoms with Crippen LogP contribution in [0.1, 0.15) is 1.43 Å². The van der Waals surface area contributed by atoms with Gasteiger partial charge in [0, 0.05) is 5.56 Å².